The average molecular weight is 1170 g/mol. The first-order valence-electron chi connectivity index (χ1n) is 34.2. The van der Waals surface area contributed by atoms with Crippen molar-refractivity contribution in [1.29, 1.82) is 0 Å². The van der Waals surface area contributed by atoms with Crippen LogP contribution < -0.4 is 5.32 Å². The van der Waals surface area contributed by atoms with Crippen molar-refractivity contribution in [2.24, 2.45) is 0 Å². The molecule has 2 saturated heterocycles. The second-order valence-electron chi connectivity index (χ2n) is 24.3. The summed E-state index contributed by atoms with van der Waals surface area (Å²) in [5, 5.41) is 87.3. The molecule has 0 spiro atoms. The Morgan fingerprint density at radius 3 is 1.20 bits per heavy atom. The maximum atomic E-state index is 13.3. The largest absolute Gasteiger partial charge is 0.394 e. The first-order chi connectivity index (χ1) is 40.1. The van der Waals surface area contributed by atoms with E-state index in [0.717, 1.165) is 32.1 Å². The summed E-state index contributed by atoms with van der Waals surface area (Å²) in [6, 6.07) is -0.930. The molecule has 14 nitrogen and oxygen atoms in total. The van der Waals surface area contributed by atoms with E-state index in [1.54, 1.807) is 6.08 Å². The molecule has 0 aromatic heterocycles. The molecule has 0 radical (unpaired) electrons. The number of rotatable bonds is 56. The Balaban J connectivity index is 1.66. The molecule has 1 amide bonds. The fourth-order valence-electron chi connectivity index (χ4n) is 11.3. The zero-order valence-corrected chi connectivity index (χ0v) is 52.2. The fourth-order valence-corrected chi connectivity index (χ4v) is 11.3. The normalized spacial score (nSPS) is 24.1. The van der Waals surface area contributed by atoms with E-state index in [2.05, 4.69) is 43.5 Å². The van der Waals surface area contributed by atoms with E-state index in [4.69, 9.17) is 18.9 Å². The highest BCUT2D eigenvalue weighted by molar-refractivity contribution is 5.76. The number of aliphatic hydroxyl groups is 8. The first kappa shape index (κ1) is 76.3. The van der Waals surface area contributed by atoms with Gasteiger partial charge in [-0.05, 0) is 57.8 Å². The molecule has 2 fully saturated rings. The Labute approximate surface area is 500 Å². The topological polar surface area (TPSA) is 228 Å². The number of allylic oxidation sites excluding steroid dienone is 5. The highest BCUT2D eigenvalue weighted by Gasteiger charge is 2.51. The van der Waals surface area contributed by atoms with E-state index in [1.165, 1.54) is 231 Å². The molecule has 0 aromatic carbocycles. The van der Waals surface area contributed by atoms with Crippen LogP contribution in [0.5, 0.6) is 0 Å². The van der Waals surface area contributed by atoms with E-state index >= 15 is 0 Å². The average Bonchev–Trinajstić information content (AvgIpc) is 3.52. The maximum absolute atomic E-state index is 13.3. The number of nitrogens with one attached hydrogen (secondary N) is 1. The molecule has 0 aliphatic carbocycles. The minimum absolute atomic E-state index is 0.244. The fraction of sp³-hybridized carbons (Fsp3) is 0.897. The minimum atomic E-state index is -1.79. The van der Waals surface area contributed by atoms with Crippen molar-refractivity contribution >= 4 is 5.91 Å². The number of hydrogen-bond acceptors (Lipinski definition) is 13. The number of ether oxygens (including phenoxy) is 4. The van der Waals surface area contributed by atoms with Crippen LogP contribution in [0.2, 0.25) is 0 Å². The third kappa shape index (κ3) is 37.7. The summed E-state index contributed by atoms with van der Waals surface area (Å²) >= 11 is 0. The van der Waals surface area contributed by atoms with Crippen LogP contribution in [0.25, 0.3) is 0 Å². The summed E-state index contributed by atoms with van der Waals surface area (Å²) < 4.78 is 22.8. The molecule has 12 atom stereocenters. The molecule has 0 bridgehead atoms. The highest BCUT2D eigenvalue weighted by atomic mass is 16.7. The van der Waals surface area contributed by atoms with Crippen molar-refractivity contribution in [2.45, 2.75) is 370 Å². The highest BCUT2D eigenvalue weighted by Crippen LogP contribution is 2.30. The van der Waals surface area contributed by atoms with E-state index in [9.17, 15) is 45.6 Å². The molecule has 0 aromatic rings. The Bertz CT molecular complexity index is 1510. The van der Waals surface area contributed by atoms with Gasteiger partial charge in [-0.1, -0.05) is 269 Å². The number of aliphatic hydroxyl groups excluding tert-OH is 8. The van der Waals surface area contributed by atoms with E-state index in [1.807, 2.05) is 6.08 Å². The third-order valence-corrected chi connectivity index (χ3v) is 16.8. The first-order valence-corrected chi connectivity index (χ1v) is 34.2. The van der Waals surface area contributed by atoms with Gasteiger partial charge in [-0.2, -0.15) is 0 Å². The Morgan fingerprint density at radius 1 is 0.427 bits per heavy atom. The molecular formula is C68H127NO13. The lowest BCUT2D eigenvalue weighted by Crippen LogP contribution is -2.65. The molecule has 2 heterocycles. The number of hydrogen-bond donors (Lipinski definition) is 9. The number of carbonyl (C=O) groups excluding carboxylic acids is 1. The van der Waals surface area contributed by atoms with Crippen molar-refractivity contribution < 1.29 is 64.6 Å². The van der Waals surface area contributed by atoms with Crippen LogP contribution in [-0.4, -0.2) is 140 Å². The van der Waals surface area contributed by atoms with Crippen LogP contribution in [0.3, 0.4) is 0 Å². The van der Waals surface area contributed by atoms with Crippen LogP contribution in [0.15, 0.2) is 36.5 Å². The summed E-state index contributed by atoms with van der Waals surface area (Å²) in [4.78, 5) is 13.3. The summed E-state index contributed by atoms with van der Waals surface area (Å²) in [7, 11) is 0. The van der Waals surface area contributed by atoms with Gasteiger partial charge < -0.3 is 65.1 Å². The standard InChI is InChI=1S/C68H127NO13/c1-3-5-7-9-11-13-15-17-19-21-22-23-24-25-26-27-28-29-30-31-32-33-34-36-38-40-42-44-46-48-50-52-60(73)69-56(57(72)51-49-47-45-43-41-39-37-35-20-18-16-14-12-10-8-6-4-2)55-79-67-65(78)63(76)66(59(54-71)81-67)82-68-64(77)62(75)61(74)58(53-70)80-68/h21-22,41,43,49,51,56-59,61-68,70-72,74-78H,3-20,23-40,42,44-48,50,52-55H2,1-2H3,(H,69,73)/b22-21-,43-41+,51-49+. The number of unbranched alkanes of at least 4 members (excludes halogenated alkanes) is 39. The molecule has 2 aliphatic heterocycles. The zero-order valence-electron chi connectivity index (χ0n) is 52.2. The van der Waals surface area contributed by atoms with Crippen LogP contribution in [0.1, 0.15) is 296 Å². The third-order valence-electron chi connectivity index (χ3n) is 16.8. The van der Waals surface area contributed by atoms with E-state index in [-0.39, 0.29) is 18.9 Å². The Kier molecular flexibility index (Phi) is 49.7. The minimum Gasteiger partial charge on any atom is -0.394 e. The molecule has 2 rings (SSSR count). The van der Waals surface area contributed by atoms with Crippen LogP contribution in [-0.2, 0) is 23.7 Å². The number of amides is 1. The van der Waals surface area contributed by atoms with E-state index < -0.39 is 86.8 Å². The van der Waals surface area contributed by atoms with Gasteiger partial charge in [-0.25, -0.2) is 0 Å². The van der Waals surface area contributed by atoms with E-state index in [0.29, 0.717) is 12.8 Å². The van der Waals surface area contributed by atoms with Gasteiger partial charge in [-0.3, -0.25) is 4.79 Å². The molecular weight excluding hydrogens is 1040 g/mol. The quantitative estimate of drug-likeness (QED) is 0.0204. The van der Waals surface area contributed by atoms with Gasteiger partial charge in [0.25, 0.3) is 0 Å². The van der Waals surface area contributed by atoms with Crippen molar-refractivity contribution in [3.05, 3.63) is 36.5 Å². The second-order valence-corrected chi connectivity index (χ2v) is 24.3. The van der Waals surface area contributed by atoms with Gasteiger partial charge in [0, 0.05) is 6.42 Å². The van der Waals surface area contributed by atoms with Gasteiger partial charge in [0.15, 0.2) is 12.6 Å². The Morgan fingerprint density at radius 2 is 0.780 bits per heavy atom. The predicted octanol–water partition coefficient (Wildman–Crippen LogP) is 13.3. The molecule has 0 saturated carbocycles. The van der Waals surface area contributed by atoms with Gasteiger partial charge in [0.05, 0.1) is 32.0 Å². The molecule has 9 N–H and O–H groups in total. The molecule has 82 heavy (non-hydrogen) atoms. The van der Waals surface area contributed by atoms with Crippen LogP contribution in [0, 0.1) is 0 Å². The lowest BCUT2D eigenvalue weighted by atomic mass is 9.97. The SMILES string of the molecule is CCCCCCCCCC/C=C\CCCCCCCCCCCCCCCCCCCCCC(=O)NC(COC1OC(CO)C(OC2OC(CO)C(O)C(O)C2O)C(O)C1O)C(O)/C=C/CC/C=C/CCCCCCCCCCCCC. The predicted molar refractivity (Wildman–Crippen MR) is 332 cm³/mol. The maximum Gasteiger partial charge on any atom is 0.220 e. The molecule has 482 valence electrons. The summed E-state index contributed by atoms with van der Waals surface area (Å²) in [6.45, 7) is 2.81. The van der Waals surface area contributed by atoms with Crippen molar-refractivity contribution in [1.82, 2.24) is 5.32 Å². The number of carbonyl (C=O) groups is 1. The summed E-state index contributed by atoms with van der Waals surface area (Å²) in [5.74, 6) is -0.244. The molecule has 14 heteroatoms. The Hall–Kier alpha value is -1.79. The van der Waals surface area contributed by atoms with Crippen LogP contribution >= 0.6 is 0 Å². The van der Waals surface area contributed by atoms with Crippen molar-refractivity contribution in [2.75, 3.05) is 19.8 Å². The smallest absolute Gasteiger partial charge is 0.220 e. The second kappa shape index (κ2) is 53.4. The molecule has 12 unspecified atom stereocenters. The van der Waals surface area contributed by atoms with Crippen molar-refractivity contribution in [3.63, 3.8) is 0 Å². The van der Waals surface area contributed by atoms with Gasteiger partial charge in [-0.15, -0.1) is 0 Å². The monoisotopic (exact) mass is 1170 g/mol. The zero-order chi connectivity index (χ0) is 59.5. The van der Waals surface area contributed by atoms with Gasteiger partial charge in [0.1, 0.15) is 48.8 Å². The van der Waals surface area contributed by atoms with Gasteiger partial charge >= 0.3 is 0 Å². The van der Waals surface area contributed by atoms with Crippen molar-refractivity contribution in [3.8, 4) is 0 Å². The summed E-state index contributed by atoms with van der Waals surface area (Å²) in [5.41, 5.74) is 0. The lowest BCUT2D eigenvalue weighted by molar-refractivity contribution is -0.359. The summed E-state index contributed by atoms with van der Waals surface area (Å²) in [6.07, 6.45) is 50.7. The van der Waals surface area contributed by atoms with Gasteiger partial charge in [0.2, 0.25) is 5.91 Å². The molecule has 2 aliphatic rings. The lowest BCUT2D eigenvalue weighted by Gasteiger charge is -2.46. The van der Waals surface area contributed by atoms with Crippen LogP contribution in [0.4, 0.5) is 0 Å².